The molecule has 0 radical (unpaired) electrons. The van der Waals surface area contributed by atoms with Crippen LogP contribution in [0.5, 0.6) is 11.5 Å². The molecule has 1 saturated heterocycles. The van der Waals surface area contributed by atoms with Crippen molar-refractivity contribution < 1.29 is 28.5 Å². The summed E-state index contributed by atoms with van der Waals surface area (Å²) in [6.07, 6.45) is 4.67. The van der Waals surface area contributed by atoms with Gasteiger partial charge < -0.3 is 25.2 Å². The molecule has 5 N–H and O–H groups in total. The van der Waals surface area contributed by atoms with Crippen LogP contribution in [-0.2, 0) is 13.0 Å². The van der Waals surface area contributed by atoms with Crippen LogP contribution in [0, 0.1) is 0 Å². The van der Waals surface area contributed by atoms with Crippen LogP contribution in [0.15, 0.2) is 66.7 Å². The standard InChI is InChI=1S/C34H45N3O6S.ClH/c1-42-30-15-25(16-31(21-30)43-2)22-35-23-33(38)32(17-24-9-4-3-5-10-24)36-34(39)28-18-27(26-11-6-7-12-26)19-29(20-28)37-13-8-14-44(37,40)41;/h3-5,9-10,15-16,18-21,26,32-33,35,38,40-41H,6-8,11-14,17,22-23H2,1-2H3,(H,36,39);1H/t32-,33+;/m0./s1. The molecule has 9 nitrogen and oxygen atoms in total. The smallest absolute Gasteiger partial charge is 0.251 e. The summed E-state index contributed by atoms with van der Waals surface area (Å²) in [5.74, 6) is 1.76. The van der Waals surface area contributed by atoms with Crippen molar-refractivity contribution in [3.63, 3.8) is 0 Å². The first kappa shape index (κ1) is 34.9. The van der Waals surface area contributed by atoms with Crippen LogP contribution >= 0.6 is 23.2 Å². The first-order valence-corrected chi connectivity index (χ1v) is 17.1. The van der Waals surface area contributed by atoms with Crippen molar-refractivity contribution in [2.45, 2.75) is 63.1 Å². The van der Waals surface area contributed by atoms with E-state index in [0.717, 1.165) is 42.4 Å². The number of carbonyl (C=O) groups excluding carboxylic acids is 1. The van der Waals surface area contributed by atoms with Gasteiger partial charge in [0.05, 0.1) is 37.8 Å². The van der Waals surface area contributed by atoms with Crippen LogP contribution in [0.25, 0.3) is 0 Å². The molecule has 0 spiro atoms. The van der Waals surface area contributed by atoms with E-state index in [1.165, 1.54) is 0 Å². The lowest BCUT2D eigenvalue weighted by Gasteiger charge is -2.38. The average molecular weight is 660 g/mol. The molecule has 45 heavy (non-hydrogen) atoms. The molecule has 1 saturated carbocycles. The molecular formula is C34H46ClN3O6S. The van der Waals surface area contributed by atoms with E-state index < -0.39 is 22.9 Å². The molecule has 1 amide bonds. The number of halogens is 1. The molecule has 2 aliphatic rings. The van der Waals surface area contributed by atoms with E-state index in [1.54, 1.807) is 24.6 Å². The third kappa shape index (κ3) is 9.06. The number of aliphatic hydroxyl groups is 1. The van der Waals surface area contributed by atoms with E-state index >= 15 is 0 Å². The lowest BCUT2D eigenvalue weighted by Crippen LogP contribution is -2.48. The number of carbonyl (C=O) groups is 1. The summed E-state index contributed by atoms with van der Waals surface area (Å²) in [4.78, 5) is 13.9. The lowest BCUT2D eigenvalue weighted by molar-refractivity contribution is 0.0830. The van der Waals surface area contributed by atoms with Crippen molar-refractivity contribution in [2.24, 2.45) is 0 Å². The Morgan fingerprint density at radius 2 is 1.64 bits per heavy atom. The SMILES string of the molecule is COc1cc(CNC[C@@H](O)[C@H](Cc2ccccc2)NC(=O)c2cc(C3CCCC3)cc(N3CCCS3(O)O)c2)cc(OC)c1.Cl. The van der Waals surface area contributed by atoms with Crippen molar-refractivity contribution in [3.05, 3.63) is 89.0 Å². The molecule has 1 aliphatic carbocycles. The highest BCUT2D eigenvalue weighted by atomic mass is 35.5. The van der Waals surface area contributed by atoms with Gasteiger partial charge in [0.15, 0.2) is 0 Å². The number of ether oxygens (including phenoxy) is 2. The molecule has 2 atom stereocenters. The van der Waals surface area contributed by atoms with Crippen LogP contribution in [0.1, 0.15) is 65.1 Å². The van der Waals surface area contributed by atoms with E-state index in [0.29, 0.717) is 60.4 Å². The highest BCUT2D eigenvalue weighted by molar-refractivity contribution is 8.25. The number of amides is 1. The molecule has 246 valence electrons. The van der Waals surface area contributed by atoms with Gasteiger partial charge in [-0.1, -0.05) is 43.2 Å². The molecule has 2 fully saturated rings. The highest BCUT2D eigenvalue weighted by Gasteiger charge is 2.31. The number of aliphatic hydroxyl groups excluding tert-OH is 1. The van der Waals surface area contributed by atoms with E-state index in [1.807, 2.05) is 60.7 Å². The predicted molar refractivity (Wildman–Crippen MR) is 183 cm³/mol. The van der Waals surface area contributed by atoms with Crippen LogP contribution in [-0.4, -0.2) is 65.3 Å². The van der Waals surface area contributed by atoms with E-state index in [4.69, 9.17) is 9.47 Å². The van der Waals surface area contributed by atoms with Crippen LogP contribution in [0.4, 0.5) is 5.69 Å². The Morgan fingerprint density at radius 3 is 2.27 bits per heavy atom. The number of hydrogen-bond donors (Lipinski definition) is 5. The maximum atomic E-state index is 13.9. The van der Waals surface area contributed by atoms with Gasteiger partial charge in [-0.25, -0.2) is 0 Å². The molecule has 11 heteroatoms. The molecule has 0 aromatic heterocycles. The number of rotatable bonds is 13. The van der Waals surface area contributed by atoms with Gasteiger partial charge in [0, 0.05) is 31.3 Å². The molecule has 0 bridgehead atoms. The van der Waals surface area contributed by atoms with Crippen molar-refractivity contribution in [1.29, 1.82) is 0 Å². The van der Waals surface area contributed by atoms with Crippen molar-refractivity contribution in [1.82, 2.24) is 10.6 Å². The molecular weight excluding hydrogens is 614 g/mol. The minimum absolute atomic E-state index is 0. The Bertz CT molecular complexity index is 1380. The number of anilines is 1. The topological polar surface area (TPSA) is 124 Å². The zero-order chi connectivity index (χ0) is 31.1. The normalized spacial score (nSPS) is 18.1. The zero-order valence-corrected chi connectivity index (χ0v) is 27.6. The van der Waals surface area contributed by atoms with Crippen molar-refractivity contribution in [2.75, 3.05) is 37.4 Å². The molecule has 1 aliphatic heterocycles. The fourth-order valence-corrected chi connectivity index (χ4v) is 7.84. The van der Waals surface area contributed by atoms with E-state index in [2.05, 4.69) is 10.6 Å². The van der Waals surface area contributed by atoms with Gasteiger partial charge in [0.25, 0.3) is 5.91 Å². The number of nitrogens with zero attached hydrogens (tertiary/aromatic N) is 1. The van der Waals surface area contributed by atoms with Gasteiger partial charge in [0.2, 0.25) is 0 Å². The van der Waals surface area contributed by atoms with Gasteiger partial charge >= 0.3 is 0 Å². The summed E-state index contributed by atoms with van der Waals surface area (Å²) < 4.78 is 33.8. The van der Waals surface area contributed by atoms with E-state index in [-0.39, 0.29) is 24.9 Å². The summed E-state index contributed by atoms with van der Waals surface area (Å²) in [5.41, 5.74) is 4.14. The molecule has 3 aromatic carbocycles. The fourth-order valence-electron chi connectivity index (χ4n) is 6.24. The fraction of sp³-hybridized carbons (Fsp3) is 0.441. The van der Waals surface area contributed by atoms with Gasteiger partial charge in [-0.3, -0.25) is 18.2 Å². The van der Waals surface area contributed by atoms with Gasteiger partial charge in [0.1, 0.15) is 11.5 Å². The Hall–Kier alpha value is -2.99. The van der Waals surface area contributed by atoms with Crippen molar-refractivity contribution in [3.8, 4) is 11.5 Å². The number of benzene rings is 3. The quantitative estimate of drug-likeness (QED) is 0.148. The highest BCUT2D eigenvalue weighted by Crippen LogP contribution is 2.51. The summed E-state index contributed by atoms with van der Waals surface area (Å²) in [6.45, 7) is 1.27. The Labute approximate surface area is 274 Å². The van der Waals surface area contributed by atoms with Gasteiger partial charge in [-0.15, -0.1) is 23.2 Å². The molecule has 3 aromatic rings. The monoisotopic (exact) mass is 659 g/mol. The second kappa shape index (κ2) is 16.0. The number of methoxy groups -OCH3 is 2. The lowest BCUT2D eigenvalue weighted by atomic mass is 9.94. The Balaban J connectivity index is 0.00000461. The first-order chi connectivity index (χ1) is 21.3. The molecule has 5 rings (SSSR count). The first-order valence-electron chi connectivity index (χ1n) is 15.4. The minimum atomic E-state index is -2.90. The molecule has 0 unspecified atom stereocenters. The van der Waals surface area contributed by atoms with Gasteiger partial charge in [-0.2, -0.15) is 0 Å². The number of hydrogen-bond acceptors (Lipinski definition) is 8. The summed E-state index contributed by atoms with van der Waals surface area (Å²) >= 11 is 0. The number of nitrogens with one attached hydrogen (secondary N) is 2. The van der Waals surface area contributed by atoms with Crippen LogP contribution in [0.2, 0.25) is 0 Å². The average Bonchev–Trinajstić information content (AvgIpc) is 3.70. The van der Waals surface area contributed by atoms with E-state index in [9.17, 15) is 19.0 Å². The largest absolute Gasteiger partial charge is 0.497 e. The van der Waals surface area contributed by atoms with Crippen LogP contribution < -0.4 is 24.4 Å². The Kier molecular flexibility index (Phi) is 12.4. The van der Waals surface area contributed by atoms with Crippen LogP contribution in [0.3, 0.4) is 0 Å². The minimum Gasteiger partial charge on any atom is -0.497 e. The zero-order valence-electron chi connectivity index (χ0n) is 26.0. The predicted octanol–water partition coefficient (Wildman–Crippen LogP) is 6.15. The van der Waals surface area contributed by atoms with Crippen molar-refractivity contribution >= 4 is 34.8 Å². The molecule has 1 heterocycles. The third-order valence-electron chi connectivity index (χ3n) is 8.62. The van der Waals surface area contributed by atoms with Gasteiger partial charge in [-0.05, 0) is 78.6 Å². The third-order valence-corrected chi connectivity index (χ3v) is 10.6. The summed E-state index contributed by atoms with van der Waals surface area (Å²) in [6, 6.07) is 20.6. The second-order valence-electron chi connectivity index (χ2n) is 11.8. The maximum Gasteiger partial charge on any atom is 0.251 e. The Morgan fingerprint density at radius 1 is 0.956 bits per heavy atom. The summed E-state index contributed by atoms with van der Waals surface area (Å²) in [7, 11) is 0.308. The maximum absolute atomic E-state index is 13.9. The second-order valence-corrected chi connectivity index (χ2v) is 13.9. The summed E-state index contributed by atoms with van der Waals surface area (Å²) in [5, 5.41) is 17.8.